The molecule has 0 bridgehead atoms. The average Bonchev–Trinajstić information content (AvgIpc) is 2.55. The van der Waals surface area contributed by atoms with E-state index in [2.05, 4.69) is 25.8 Å². The standard InChI is InChI=1S/C15H31NO/c1-4-9-14(2)16(3)12-15(13-17)10-7-5-6-8-11-15/h14,17H,4-13H2,1-3H3. The molecule has 0 spiro atoms. The fraction of sp³-hybridized carbons (Fsp3) is 1.00. The fourth-order valence-electron chi connectivity index (χ4n) is 3.17. The molecule has 0 aliphatic heterocycles. The molecule has 1 N–H and O–H groups in total. The van der Waals surface area contributed by atoms with Crippen molar-refractivity contribution in [2.24, 2.45) is 5.41 Å². The van der Waals surface area contributed by atoms with Crippen LogP contribution in [0.5, 0.6) is 0 Å². The number of aliphatic hydroxyl groups excluding tert-OH is 1. The predicted octanol–water partition coefficient (Wildman–Crippen LogP) is 3.44. The molecule has 2 heteroatoms. The van der Waals surface area contributed by atoms with Crippen LogP contribution in [-0.4, -0.2) is 36.2 Å². The van der Waals surface area contributed by atoms with Gasteiger partial charge in [-0.3, -0.25) is 0 Å². The van der Waals surface area contributed by atoms with Gasteiger partial charge in [0.1, 0.15) is 0 Å². The predicted molar refractivity (Wildman–Crippen MR) is 74.2 cm³/mol. The minimum Gasteiger partial charge on any atom is -0.396 e. The van der Waals surface area contributed by atoms with Crippen molar-refractivity contribution >= 4 is 0 Å². The second-order valence-corrected chi connectivity index (χ2v) is 6.13. The van der Waals surface area contributed by atoms with E-state index >= 15 is 0 Å². The number of rotatable bonds is 6. The molecule has 0 heterocycles. The van der Waals surface area contributed by atoms with Gasteiger partial charge in [-0.15, -0.1) is 0 Å². The second-order valence-electron chi connectivity index (χ2n) is 6.13. The molecule has 1 saturated carbocycles. The Bertz CT molecular complexity index is 197. The van der Waals surface area contributed by atoms with Crippen molar-refractivity contribution in [2.75, 3.05) is 20.2 Å². The van der Waals surface area contributed by atoms with Gasteiger partial charge in [0.05, 0.1) is 0 Å². The summed E-state index contributed by atoms with van der Waals surface area (Å²) < 4.78 is 0. The van der Waals surface area contributed by atoms with Crippen LogP contribution >= 0.6 is 0 Å². The number of hydrogen-bond acceptors (Lipinski definition) is 2. The lowest BCUT2D eigenvalue weighted by atomic mass is 9.80. The summed E-state index contributed by atoms with van der Waals surface area (Å²) in [6.45, 7) is 6.00. The summed E-state index contributed by atoms with van der Waals surface area (Å²) in [5.74, 6) is 0. The van der Waals surface area contributed by atoms with Gasteiger partial charge >= 0.3 is 0 Å². The third kappa shape index (κ3) is 4.59. The van der Waals surface area contributed by atoms with Gasteiger partial charge in [0, 0.05) is 24.6 Å². The molecule has 1 fully saturated rings. The summed E-state index contributed by atoms with van der Waals surface area (Å²) in [6.07, 6.45) is 10.3. The van der Waals surface area contributed by atoms with Crippen molar-refractivity contribution in [3.05, 3.63) is 0 Å². The van der Waals surface area contributed by atoms with Gasteiger partial charge in [0.25, 0.3) is 0 Å². The van der Waals surface area contributed by atoms with E-state index in [1.54, 1.807) is 0 Å². The van der Waals surface area contributed by atoms with Crippen molar-refractivity contribution in [1.82, 2.24) is 4.90 Å². The Morgan fingerprint density at radius 3 is 2.24 bits per heavy atom. The van der Waals surface area contributed by atoms with Gasteiger partial charge < -0.3 is 10.0 Å². The SMILES string of the molecule is CCCC(C)N(C)CC1(CO)CCCCCC1. The zero-order valence-corrected chi connectivity index (χ0v) is 12.0. The largest absolute Gasteiger partial charge is 0.396 e. The topological polar surface area (TPSA) is 23.5 Å². The molecule has 1 unspecified atom stereocenters. The maximum absolute atomic E-state index is 9.80. The normalized spacial score (nSPS) is 22.4. The highest BCUT2D eigenvalue weighted by Crippen LogP contribution is 2.35. The van der Waals surface area contributed by atoms with Crippen molar-refractivity contribution in [2.45, 2.75) is 71.3 Å². The summed E-state index contributed by atoms with van der Waals surface area (Å²) in [4.78, 5) is 2.46. The average molecular weight is 241 g/mol. The molecule has 0 aromatic heterocycles. The van der Waals surface area contributed by atoms with Crippen LogP contribution in [0.25, 0.3) is 0 Å². The minimum atomic E-state index is 0.188. The Morgan fingerprint density at radius 2 is 1.76 bits per heavy atom. The van der Waals surface area contributed by atoms with Crippen molar-refractivity contribution in [3.63, 3.8) is 0 Å². The number of aliphatic hydroxyl groups is 1. The first-order valence-electron chi connectivity index (χ1n) is 7.44. The first kappa shape index (κ1) is 15.0. The number of nitrogens with zero attached hydrogens (tertiary/aromatic N) is 1. The highest BCUT2D eigenvalue weighted by atomic mass is 16.3. The van der Waals surface area contributed by atoms with E-state index in [-0.39, 0.29) is 5.41 Å². The van der Waals surface area contributed by atoms with E-state index in [0.717, 1.165) is 6.54 Å². The van der Waals surface area contributed by atoms with Crippen molar-refractivity contribution < 1.29 is 5.11 Å². The first-order chi connectivity index (χ1) is 8.13. The zero-order valence-electron chi connectivity index (χ0n) is 12.0. The molecule has 1 atom stereocenters. The Hall–Kier alpha value is -0.0800. The van der Waals surface area contributed by atoms with Crippen LogP contribution in [0, 0.1) is 5.41 Å². The van der Waals surface area contributed by atoms with Crippen LogP contribution in [0.2, 0.25) is 0 Å². The summed E-state index contributed by atoms with van der Waals surface area (Å²) >= 11 is 0. The molecular formula is C15H31NO. The zero-order chi connectivity index (χ0) is 12.7. The Morgan fingerprint density at radius 1 is 1.18 bits per heavy atom. The molecule has 0 saturated heterocycles. The van der Waals surface area contributed by atoms with Crippen molar-refractivity contribution in [1.29, 1.82) is 0 Å². The van der Waals surface area contributed by atoms with Gasteiger partial charge in [-0.1, -0.05) is 39.0 Å². The van der Waals surface area contributed by atoms with E-state index in [1.807, 2.05) is 0 Å². The molecule has 1 rings (SSSR count). The summed E-state index contributed by atoms with van der Waals surface area (Å²) in [5.41, 5.74) is 0.188. The molecule has 1 aliphatic rings. The Kier molecular flexibility index (Phi) is 6.50. The van der Waals surface area contributed by atoms with Crippen LogP contribution in [-0.2, 0) is 0 Å². The molecular weight excluding hydrogens is 210 g/mol. The molecule has 1 aliphatic carbocycles. The summed E-state index contributed by atoms with van der Waals surface area (Å²) in [6, 6.07) is 0.645. The van der Waals surface area contributed by atoms with Gasteiger partial charge in [-0.05, 0) is 33.2 Å². The Labute approximate surface area is 107 Å². The van der Waals surface area contributed by atoms with Gasteiger partial charge in [0.15, 0.2) is 0 Å². The van der Waals surface area contributed by atoms with Crippen molar-refractivity contribution in [3.8, 4) is 0 Å². The van der Waals surface area contributed by atoms with Crippen LogP contribution in [0.15, 0.2) is 0 Å². The molecule has 0 aromatic carbocycles. The third-order valence-electron chi connectivity index (χ3n) is 4.54. The smallest absolute Gasteiger partial charge is 0.0499 e. The summed E-state index contributed by atoms with van der Waals surface area (Å²) in [5, 5.41) is 9.80. The van der Waals surface area contributed by atoms with Crippen LogP contribution in [0.3, 0.4) is 0 Å². The van der Waals surface area contributed by atoms with Crippen LogP contribution in [0.1, 0.15) is 65.2 Å². The van der Waals surface area contributed by atoms with E-state index in [4.69, 9.17) is 0 Å². The molecule has 102 valence electrons. The molecule has 17 heavy (non-hydrogen) atoms. The lowest BCUT2D eigenvalue weighted by Gasteiger charge is -2.37. The third-order valence-corrected chi connectivity index (χ3v) is 4.54. The molecule has 0 amide bonds. The quantitative estimate of drug-likeness (QED) is 0.720. The van der Waals surface area contributed by atoms with E-state index in [9.17, 15) is 5.11 Å². The lowest BCUT2D eigenvalue weighted by Crippen LogP contribution is -2.42. The minimum absolute atomic E-state index is 0.188. The van der Waals surface area contributed by atoms with Gasteiger partial charge in [-0.25, -0.2) is 0 Å². The summed E-state index contributed by atoms with van der Waals surface area (Å²) in [7, 11) is 2.22. The molecule has 0 radical (unpaired) electrons. The lowest BCUT2D eigenvalue weighted by molar-refractivity contribution is 0.0547. The maximum atomic E-state index is 9.80. The van der Waals surface area contributed by atoms with E-state index < -0.39 is 0 Å². The van der Waals surface area contributed by atoms with Gasteiger partial charge in [0.2, 0.25) is 0 Å². The van der Waals surface area contributed by atoms with E-state index in [0.29, 0.717) is 12.6 Å². The van der Waals surface area contributed by atoms with Crippen LogP contribution < -0.4 is 0 Å². The fourth-order valence-corrected chi connectivity index (χ4v) is 3.17. The van der Waals surface area contributed by atoms with Gasteiger partial charge in [-0.2, -0.15) is 0 Å². The monoisotopic (exact) mass is 241 g/mol. The second kappa shape index (κ2) is 7.38. The number of hydrogen-bond donors (Lipinski definition) is 1. The van der Waals surface area contributed by atoms with Crippen LogP contribution in [0.4, 0.5) is 0 Å². The maximum Gasteiger partial charge on any atom is 0.0499 e. The highest BCUT2D eigenvalue weighted by molar-refractivity contribution is 4.84. The Balaban J connectivity index is 2.54. The highest BCUT2D eigenvalue weighted by Gasteiger charge is 2.32. The van der Waals surface area contributed by atoms with E-state index in [1.165, 1.54) is 51.4 Å². The first-order valence-corrected chi connectivity index (χ1v) is 7.44. The molecule has 0 aromatic rings. The molecule has 2 nitrogen and oxygen atoms in total.